The van der Waals surface area contributed by atoms with E-state index in [1.165, 1.54) is 12.1 Å². The molecule has 0 atom stereocenters. The molecule has 0 spiro atoms. The first-order chi connectivity index (χ1) is 7.78. The predicted octanol–water partition coefficient (Wildman–Crippen LogP) is 3.60. The SMILES string of the molecule is Cc1cc(F)ccc1NC(=O)CSC(C)(C)C. The fourth-order valence-corrected chi connectivity index (χ4v) is 1.87. The van der Waals surface area contributed by atoms with Crippen LogP contribution < -0.4 is 5.32 Å². The third-order valence-electron chi connectivity index (χ3n) is 2.10. The van der Waals surface area contributed by atoms with E-state index in [9.17, 15) is 9.18 Å². The number of benzene rings is 1. The van der Waals surface area contributed by atoms with Gasteiger partial charge in [0, 0.05) is 10.4 Å². The van der Waals surface area contributed by atoms with Gasteiger partial charge < -0.3 is 5.32 Å². The number of carbonyl (C=O) groups is 1. The van der Waals surface area contributed by atoms with Crippen molar-refractivity contribution in [2.75, 3.05) is 11.1 Å². The topological polar surface area (TPSA) is 29.1 Å². The third-order valence-corrected chi connectivity index (χ3v) is 3.37. The zero-order chi connectivity index (χ0) is 13.1. The molecule has 2 nitrogen and oxygen atoms in total. The fourth-order valence-electron chi connectivity index (χ4n) is 1.24. The van der Waals surface area contributed by atoms with Crippen LogP contribution >= 0.6 is 11.8 Å². The predicted molar refractivity (Wildman–Crippen MR) is 72.0 cm³/mol. The number of carbonyl (C=O) groups excluding carboxylic acids is 1. The van der Waals surface area contributed by atoms with Crippen LogP contribution in [0.2, 0.25) is 0 Å². The number of amides is 1. The van der Waals surface area contributed by atoms with Crippen molar-refractivity contribution in [1.29, 1.82) is 0 Å². The highest BCUT2D eigenvalue weighted by Gasteiger charge is 2.13. The lowest BCUT2D eigenvalue weighted by atomic mass is 10.2. The van der Waals surface area contributed by atoms with Crippen molar-refractivity contribution in [3.63, 3.8) is 0 Å². The van der Waals surface area contributed by atoms with Crippen LogP contribution in [0.15, 0.2) is 18.2 Å². The molecule has 1 aromatic rings. The molecule has 0 aliphatic carbocycles. The molecule has 1 rings (SSSR count). The Morgan fingerprint density at radius 1 is 1.41 bits per heavy atom. The average molecular weight is 255 g/mol. The second-order valence-electron chi connectivity index (χ2n) is 4.91. The molecule has 0 aliphatic heterocycles. The molecule has 1 amide bonds. The minimum absolute atomic E-state index is 0.0559. The normalized spacial score (nSPS) is 11.4. The maximum Gasteiger partial charge on any atom is 0.234 e. The summed E-state index contributed by atoms with van der Waals surface area (Å²) in [6, 6.07) is 4.34. The summed E-state index contributed by atoms with van der Waals surface area (Å²) in [5.41, 5.74) is 1.41. The Morgan fingerprint density at radius 3 is 2.59 bits per heavy atom. The van der Waals surface area contributed by atoms with Crippen LogP contribution in [0.3, 0.4) is 0 Å². The summed E-state index contributed by atoms with van der Waals surface area (Å²) in [6.45, 7) is 7.96. The van der Waals surface area contributed by atoms with Gasteiger partial charge >= 0.3 is 0 Å². The van der Waals surface area contributed by atoms with Crippen LogP contribution in [-0.4, -0.2) is 16.4 Å². The van der Waals surface area contributed by atoms with Crippen LogP contribution in [0.25, 0.3) is 0 Å². The molecular weight excluding hydrogens is 237 g/mol. The van der Waals surface area contributed by atoms with Crippen LogP contribution in [0, 0.1) is 12.7 Å². The summed E-state index contributed by atoms with van der Waals surface area (Å²) in [5.74, 6) is 0.0598. The van der Waals surface area contributed by atoms with Gasteiger partial charge in [0.05, 0.1) is 5.75 Å². The second kappa shape index (κ2) is 5.54. The van der Waals surface area contributed by atoms with Gasteiger partial charge in [0.2, 0.25) is 5.91 Å². The number of anilines is 1. The highest BCUT2D eigenvalue weighted by Crippen LogP contribution is 2.23. The van der Waals surface area contributed by atoms with Crippen molar-refractivity contribution in [2.45, 2.75) is 32.4 Å². The van der Waals surface area contributed by atoms with Gasteiger partial charge in [-0.3, -0.25) is 4.79 Å². The van der Waals surface area contributed by atoms with Crippen molar-refractivity contribution in [2.24, 2.45) is 0 Å². The quantitative estimate of drug-likeness (QED) is 0.894. The van der Waals surface area contributed by atoms with E-state index in [4.69, 9.17) is 0 Å². The highest BCUT2D eigenvalue weighted by atomic mass is 32.2. The second-order valence-corrected chi connectivity index (χ2v) is 6.71. The van der Waals surface area contributed by atoms with Gasteiger partial charge in [0.25, 0.3) is 0 Å². The zero-order valence-corrected chi connectivity index (χ0v) is 11.5. The Bertz CT molecular complexity index is 412. The summed E-state index contributed by atoms with van der Waals surface area (Å²) in [5, 5.41) is 2.78. The Balaban J connectivity index is 2.57. The monoisotopic (exact) mass is 255 g/mol. The van der Waals surface area contributed by atoms with Gasteiger partial charge in [-0.05, 0) is 30.7 Å². The van der Waals surface area contributed by atoms with Crippen LogP contribution in [0.5, 0.6) is 0 Å². The molecular formula is C13H18FNOS. The summed E-state index contributed by atoms with van der Waals surface area (Å²) >= 11 is 1.58. The minimum atomic E-state index is -0.287. The Morgan fingerprint density at radius 2 is 2.06 bits per heavy atom. The molecule has 0 aromatic heterocycles. The maximum atomic E-state index is 12.9. The molecule has 0 radical (unpaired) electrons. The Hall–Kier alpha value is -1.03. The lowest BCUT2D eigenvalue weighted by molar-refractivity contribution is -0.113. The van der Waals surface area contributed by atoms with E-state index in [-0.39, 0.29) is 16.5 Å². The molecule has 94 valence electrons. The third kappa shape index (κ3) is 5.22. The van der Waals surface area contributed by atoms with Gasteiger partial charge in [-0.25, -0.2) is 4.39 Å². The number of thioether (sulfide) groups is 1. The number of aryl methyl sites for hydroxylation is 1. The van der Waals surface area contributed by atoms with Crippen LogP contribution in [0.4, 0.5) is 10.1 Å². The van der Waals surface area contributed by atoms with Gasteiger partial charge in [-0.1, -0.05) is 20.8 Å². The lowest BCUT2D eigenvalue weighted by Gasteiger charge is -2.17. The van der Waals surface area contributed by atoms with E-state index >= 15 is 0 Å². The molecule has 1 aromatic carbocycles. The first-order valence-electron chi connectivity index (χ1n) is 5.48. The van der Waals surface area contributed by atoms with Crippen molar-refractivity contribution in [3.05, 3.63) is 29.6 Å². The standard InChI is InChI=1S/C13H18FNOS/c1-9-7-10(14)5-6-11(9)15-12(16)8-17-13(2,3)4/h5-7H,8H2,1-4H3,(H,15,16). The van der Waals surface area contributed by atoms with Crippen molar-refractivity contribution < 1.29 is 9.18 Å². The number of hydrogen-bond donors (Lipinski definition) is 1. The van der Waals surface area contributed by atoms with E-state index in [0.29, 0.717) is 11.4 Å². The van der Waals surface area contributed by atoms with E-state index < -0.39 is 0 Å². The van der Waals surface area contributed by atoms with E-state index in [2.05, 4.69) is 26.1 Å². The van der Waals surface area contributed by atoms with Gasteiger partial charge in [-0.2, -0.15) is 0 Å². The number of rotatable bonds is 3. The Kier molecular flexibility index (Phi) is 4.57. The number of halogens is 1. The molecule has 17 heavy (non-hydrogen) atoms. The van der Waals surface area contributed by atoms with Crippen LogP contribution in [-0.2, 0) is 4.79 Å². The number of hydrogen-bond acceptors (Lipinski definition) is 2. The van der Waals surface area contributed by atoms with E-state index in [0.717, 1.165) is 5.56 Å². The molecule has 0 heterocycles. The molecule has 0 saturated heterocycles. The first-order valence-corrected chi connectivity index (χ1v) is 6.46. The molecule has 0 fully saturated rings. The molecule has 0 aliphatic rings. The lowest BCUT2D eigenvalue weighted by Crippen LogP contribution is -2.19. The van der Waals surface area contributed by atoms with Crippen molar-refractivity contribution in [3.8, 4) is 0 Å². The largest absolute Gasteiger partial charge is 0.325 e. The smallest absolute Gasteiger partial charge is 0.234 e. The Labute approximate surface area is 106 Å². The van der Waals surface area contributed by atoms with E-state index in [1.807, 2.05) is 0 Å². The van der Waals surface area contributed by atoms with Gasteiger partial charge in [0.15, 0.2) is 0 Å². The first kappa shape index (κ1) is 14.0. The zero-order valence-electron chi connectivity index (χ0n) is 10.6. The van der Waals surface area contributed by atoms with Crippen molar-refractivity contribution in [1.82, 2.24) is 0 Å². The minimum Gasteiger partial charge on any atom is -0.325 e. The molecule has 0 saturated carbocycles. The highest BCUT2D eigenvalue weighted by molar-refractivity contribution is 8.01. The molecule has 0 bridgehead atoms. The maximum absolute atomic E-state index is 12.9. The molecule has 0 unspecified atom stereocenters. The van der Waals surface area contributed by atoms with Gasteiger partial charge in [0.1, 0.15) is 5.82 Å². The summed E-state index contributed by atoms with van der Waals surface area (Å²) in [6.07, 6.45) is 0. The van der Waals surface area contributed by atoms with Crippen LogP contribution in [0.1, 0.15) is 26.3 Å². The molecule has 1 N–H and O–H groups in total. The fraction of sp³-hybridized carbons (Fsp3) is 0.462. The van der Waals surface area contributed by atoms with Gasteiger partial charge in [-0.15, -0.1) is 11.8 Å². The number of nitrogens with one attached hydrogen (secondary N) is 1. The summed E-state index contributed by atoms with van der Waals surface area (Å²) < 4.78 is 12.9. The van der Waals surface area contributed by atoms with Crippen molar-refractivity contribution >= 4 is 23.4 Å². The molecule has 4 heteroatoms. The summed E-state index contributed by atoms with van der Waals surface area (Å²) in [7, 11) is 0. The summed E-state index contributed by atoms with van der Waals surface area (Å²) in [4.78, 5) is 11.7. The van der Waals surface area contributed by atoms with E-state index in [1.54, 1.807) is 24.8 Å². The average Bonchev–Trinajstić information content (AvgIpc) is 2.18.